The molecule has 0 aliphatic carbocycles. The number of para-hydroxylation sites is 1. The number of carbonyl (C=O) groups excluding carboxylic acids is 1. The number of hydrogen-bond acceptors (Lipinski definition) is 5. The molecule has 6 heteroatoms. The molecule has 6 nitrogen and oxygen atoms in total. The second-order valence-corrected chi connectivity index (χ2v) is 6.05. The Balaban J connectivity index is 1.93. The molecule has 0 radical (unpaired) electrons. The minimum absolute atomic E-state index is 0.120. The lowest BCUT2D eigenvalue weighted by Gasteiger charge is -2.15. The molecule has 3 aromatic rings. The van der Waals surface area contributed by atoms with Gasteiger partial charge in [0.2, 0.25) is 5.95 Å². The van der Waals surface area contributed by atoms with Crippen LogP contribution in [-0.4, -0.2) is 29.5 Å². The second kappa shape index (κ2) is 8.31. The summed E-state index contributed by atoms with van der Waals surface area (Å²) in [6, 6.07) is 17.6. The minimum atomic E-state index is -0.262. The predicted molar refractivity (Wildman–Crippen MR) is 106 cm³/mol. The van der Waals surface area contributed by atoms with Gasteiger partial charge >= 0.3 is 0 Å². The molecular weight excluding hydrogens is 340 g/mol. The van der Waals surface area contributed by atoms with E-state index in [1.165, 1.54) is 5.56 Å². The number of nitrogens with zero attached hydrogens (tertiary/aromatic N) is 2. The fourth-order valence-corrected chi connectivity index (χ4v) is 2.90. The van der Waals surface area contributed by atoms with Crippen LogP contribution in [0.2, 0.25) is 0 Å². The quantitative estimate of drug-likeness (QED) is 0.703. The Morgan fingerprint density at radius 3 is 2.52 bits per heavy atom. The summed E-state index contributed by atoms with van der Waals surface area (Å²) in [7, 11) is 1.57. The van der Waals surface area contributed by atoms with E-state index in [0.29, 0.717) is 34.9 Å². The molecule has 3 rings (SSSR count). The zero-order chi connectivity index (χ0) is 19.2. The topological polar surface area (TPSA) is 90.1 Å². The van der Waals surface area contributed by atoms with Crippen LogP contribution in [-0.2, 0) is 6.42 Å². The molecule has 1 heterocycles. The van der Waals surface area contributed by atoms with Crippen LogP contribution in [0.15, 0.2) is 54.6 Å². The Hall–Kier alpha value is -3.41. The van der Waals surface area contributed by atoms with Crippen molar-refractivity contribution in [1.82, 2.24) is 15.3 Å². The maximum absolute atomic E-state index is 12.4. The summed E-state index contributed by atoms with van der Waals surface area (Å²) < 4.78 is 6.01. The highest BCUT2D eigenvalue weighted by Gasteiger charge is 2.21. The van der Waals surface area contributed by atoms with E-state index in [2.05, 4.69) is 27.4 Å². The van der Waals surface area contributed by atoms with Gasteiger partial charge in [0.15, 0.2) is 0 Å². The molecule has 0 atom stereocenters. The Labute approximate surface area is 158 Å². The summed E-state index contributed by atoms with van der Waals surface area (Å²) in [6.07, 6.45) is 0.780. The lowest BCUT2D eigenvalue weighted by atomic mass is 10.0. The summed E-state index contributed by atoms with van der Waals surface area (Å²) in [6.45, 7) is 2.25. The lowest BCUT2D eigenvalue weighted by Crippen LogP contribution is -2.22. The van der Waals surface area contributed by atoms with Gasteiger partial charge in [-0.1, -0.05) is 42.5 Å². The fraction of sp³-hybridized carbons (Fsp3) is 0.190. The number of hydrogen-bond donors (Lipinski definition) is 2. The smallest absolute Gasteiger partial charge is 0.255 e. The van der Waals surface area contributed by atoms with Gasteiger partial charge in [-0.25, -0.2) is 9.97 Å². The number of rotatable bonds is 6. The molecule has 0 spiro atoms. The standard InChI is InChI=1S/C21H22N4O2/c1-14-18(20(26)23-2)19(25-21(22)24-14)16-10-6-7-11-17(16)27-13-12-15-8-4-3-5-9-15/h3-11H,12-13H2,1-2H3,(H,23,26)(H2,22,24,25). The molecule has 3 N–H and O–H groups in total. The molecule has 0 saturated heterocycles. The number of nitrogen functional groups attached to an aromatic ring is 1. The van der Waals surface area contributed by atoms with Crippen LogP contribution in [0.4, 0.5) is 5.95 Å². The van der Waals surface area contributed by atoms with Crippen LogP contribution in [0.3, 0.4) is 0 Å². The molecule has 0 fully saturated rings. The highest BCUT2D eigenvalue weighted by Crippen LogP contribution is 2.32. The monoisotopic (exact) mass is 362 g/mol. The van der Waals surface area contributed by atoms with Gasteiger partial charge in [0.1, 0.15) is 5.75 Å². The van der Waals surface area contributed by atoms with E-state index in [9.17, 15) is 4.79 Å². The van der Waals surface area contributed by atoms with Gasteiger partial charge < -0.3 is 15.8 Å². The highest BCUT2D eigenvalue weighted by molar-refractivity contribution is 6.01. The third-order valence-electron chi connectivity index (χ3n) is 4.19. The van der Waals surface area contributed by atoms with E-state index in [0.717, 1.165) is 6.42 Å². The minimum Gasteiger partial charge on any atom is -0.493 e. The van der Waals surface area contributed by atoms with E-state index in [4.69, 9.17) is 10.5 Å². The molecule has 0 aliphatic heterocycles. The largest absolute Gasteiger partial charge is 0.493 e. The highest BCUT2D eigenvalue weighted by atomic mass is 16.5. The summed E-state index contributed by atoms with van der Waals surface area (Å²) in [5.41, 5.74) is 9.13. The molecule has 1 aromatic heterocycles. The van der Waals surface area contributed by atoms with Gasteiger partial charge in [-0.3, -0.25) is 4.79 Å². The molecule has 0 bridgehead atoms. The average Bonchev–Trinajstić information content (AvgIpc) is 2.68. The van der Waals surface area contributed by atoms with Crippen molar-refractivity contribution >= 4 is 11.9 Å². The van der Waals surface area contributed by atoms with Crippen LogP contribution in [0.25, 0.3) is 11.3 Å². The van der Waals surface area contributed by atoms with Gasteiger partial charge in [0.25, 0.3) is 5.91 Å². The lowest BCUT2D eigenvalue weighted by molar-refractivity contribution is 0.0962. The van der Waals surface area contributed by atoms with Crippen LogP contribution in [0, 0.1) is 6.92 Å². The summed E-state index contributed by atoms with van der Waals surface area (Å²) >= 11 is 0. The normalized spacial score (nSPS) is 10.4. The van der Waals surface area contributed by atoms with Gasteiger partial charge in [0, 0.05) is 19.0 Å². The third-order valence-corrected chi connectivity index (χ3v) is 4.19. The van der Waals surface area contributed by atoms with Crippen molar-refractivity contribution in [2.45, 2.75) is 13.3 Å². The number of amides is 1. The summed E-state index contributed by atoms with van der Waals surface area (Å²) in [5.74, 6) is 0.506. The molecule has 27 heavy (non-hydrogen) atoms. The van der Waals surface area contributed by atoms with Crippen molar-refractivity contribution in [3.8, 4) is 17.0 Å². The van der Waals surface area contributed by atoms with E-state index in [1.807, 2.05) is 42.5 Å². The zero-order valence-corrected chi connectivity index (χ0v) is 15.4. The Morgan fingerprint density at radius 2 is 1.78 bits per heavy atom. The molecule has 0 aliphatic rings. The van der Waals surface area contributed by atoms with E-state index < -0.39 is 0 Å². The van der Waals surface area contributed by atoms with E-state index >= 15 is 0 Å². The van der Waals surface area contributed by atoms with Gasteiger partial charge in [-0.05, 0) is 24.6 Å². The average molecular weight is 362 g/mol. The molecule has 0 unspecified atom stereocenters. The van der Waals surface area contributed by atoms with Crippen molar-refractivity contribution in [1.29, 1.82) is 0 Å². The summed E-state index contributed by atoms with van der Waals surface area (Å²) in [5, 5.41) is 2.64. The second-order valence-electron chi connectivity index (χ2n) is 6.05. The van der Waals surface area contributed by atoms with Crippen LogP contribution < -0.4 is 15.8 Å². The van der Waals surface area contributed by atoms with Crippen molar-refractivity contribution < 1.29 is 9.53 Å². The van der Waals surface area contributed by atoms with Gasteiger partial charge in [-0.2, -0.15) is 0 Å². The van der Waals surface area contributed by atoms with Crippen LogP contribution >= 0.6 is 0 Å². The number of nitrogens with one attached hydrogen (secondary N) is 1. The maximum Gasteiger partial charge on any atom is 0.255 e. The molecule has 2 aromatic carbocycles. The first kappa shape index (κ1) is 18.4. The Morgan fingerprint density at radius 1 is 1.07 bits per heavy atom. The number of nitrogens with two attached hydrogens (primary N) is 1. The molecule has 1 amide bonds. The van der Waals surface area contributed by atoms with Crippen LogP contribution in [0.1, 0.15) is 21.6 Å². The predicted octanol–water partition coefficient (Wildman–Crippen LogP) is 3.02. The van der Waals surface area contributed by atoms with E-state index in [1.54, 1.807) is 14.0 Å². The SMILES string of the molecule is CNC(=O)c1c(C)nc(N)nc1-c1ccccc1OCCc1ccccc1. The van der Waals surface area contributed by atoms with Crippen molar-refractivity contribution in [2.24, 2.45) is 0 Å². The Bertz CT molecular complexity index is 942. The summed E-state index contributed by atoms with van der Waals surface area (Å²) in [4.78, 5) is 20.8. The number of aromatic nitrogens is 2. The van der Waals surface area contributed by atoms with Crippen molar-refractivity contribution in [3.05, 3.63) is 71.4 Å². The molecule has 0 saturated carbocycles. The number of benzene rings is 2. The number of ether oxygens (including phenoxy) is 1. The third kappa shape index (κ3) is 4.23. The number of anilines is 1. The van der Waals surface area contributed by atoms with Crippen molar-refractivity contribution in [3.63, 3.8) is 0 Å². The first-order valence-electron chi connectivity index (χ1n) is 8.72. The maximum atomic E-state index is 12.4. The van der Waals surface area contributed by atoms with Gasteiger partial charge in [-0.15, -0.1) is 0 Å². The fourth-order valence-electron chi connectivity index (χ4n) is 2.90. The van der Waals surface area contributed by atoms with Crippen molar-refractivity contribution in [2.75, 3.05) is 19.4 Å². The van der Waals surface area contributed by atoms with Crippen LogP contribution in [0.5, 0.6) is 5.75 Å². The first-order chi connectivity index (χ1) is 13.1. The van der Waals surface area contributed by atoms with E-state index in [-0.39, 0.29) is 11.9 Å². The zero-order valence-electron chi connectivity index (χ0n) is 15.4. The molecule has 138 valence electrons. The van der Waals surface area contributed by atoms with Gasteiger partial charge in [0.05, 0.1) is 23.6 Å². The molecular formula is C21H22N4O2. The number of aryl methyl sites for hydroxylation is 1. The first-order valence-corrected chi connectivity index (χ1v) is 8.72. The number of carbonyl (C=O) groups is 1. The Kier molecular flexibility index (Phi) is 5.66.